The van der Waals surface area contributed by atoms with Crippen molar-refractivity contribution in [3.05, 3.63) is 108 Å². The van der Waals surface area contributed by atoms with Gasteiger partial charge in [-0.15, -0.1) is 0 Å². The predicted octanol–water partition coefficient (Wildman–Crippen LogP) is 6.65. The highest BCUT2D eigenvalue weighted by atomic mass is 19.4. The fourth-order valence-corrected chi connectivity index (χ4v) is 5.46. The lowest BCUT2D eigenvalue weighted by Crippen LogP contribution is -2.27. The van der Waals surface area contributed by atoms with E-state index in [9.17, 15) is 18.0 Å². The van der Waals surface area contributed by atoms with Crippen LogP contribution in [0.15, 0.2) is 95.6 Å². The van der Waals surface area contributed by atoms with E-state index in [0.29, 0.717) is 30.4 Å². The number of halogens is 3. The standard InChI is InChI=1S/C34H30F3N5O4/c1-2-44-32(43)28-20-42(33-38-17-16-29(39-33)34(35,36)37)19-26(28)18-22-8-14-27(15-9-22)45-21-30-40-31(41-46-30)25-12-10-24(11-13-25)23-6-4-3-5-7-23/h3-17,26,28H,2,18-21H2,1H3/t26-,28+/m1/s1. The molecule has 0 bridgehead atoms. The Balaban J connectivity index is 1.07. The van der Waals surface area contributed by atoms with E-state index in [1.54, 1.807) is 24.0 Å². The van der Waals surface area contributed by atoms with Crippen LogP contribution in [0.25, 0.3) is 22.5 Å². The van der Waals surface area contributed by atoms with Crippen LogP contribution >= 0.6 is 0 Å². The van der Waals surface area contributed by atoms with Gasteiger partial charge in [-0.1, -0.05) is 71.9 Å². The quantitative estimate of drug-likeness (QED) is 0.157. The van der Waals surface area contributed by atoms with E-state index >= 15 is 0 Å². The van der Waals surface area contributed by atoms with E-state index in [4.69, 9.17) is 14.0 Å². The first kappa shape index (κ1) is 30.8. The molecule has 3 heterocycles. The molecule has 1 fully saturated rings. The largest absolute Gasteiger partial charge is 0.484 e. The summed E-state index contributed by atoms with van der Waals surface area (Å²) in [6.45, 7) is 2.46. The average Bonchev–Trinajstić information content (AvgIpc) is 3.73. The van der Waals surface area contributed by atoms with Gasteiger partial charge in [-0.2, -0.15) is 18.2 Å². The Labute approximate surface area is 263 Å². The van der Waals surface area contributed by atoms with Gasteiger partial charge in [0.2, 0.25) is 11.8 Å². The van der Waals surface area contributed by atoms with Crippen molar-refractivity contribution in [3.8, 4) is 28.3 Å². The van der Waals surface area contributed by atoms with Crippen molar-refractivity contribution in [2.45, 2.75) is 26.1 Å². The molecule has 0 spiro atoms. The van der Waals surface area contributed by atoms with Crippen molar-refractivity contribution in [1.82, 2.24) is 20.1 Å². The lowest BCUT2D eigenvalue weighted by molar-refractivity contribution is -0.148. The summed E-state index contributed by atoms with van der Waals surface area (Å²) in [5, 5.41) is 4.08. The third-order valence-electron chi connectivity index (χ3n) is 7.75. The minimum atomic E-state index is -4.60. The number of carbonyl (C=O) groups excluding carboxylic acids is 1. The first-order chi connectivity index (χ1) is 22.3. The van der Waals surface area contributed by atoms with Crippen molar-refractivity contribution in [2.24, 2.45) is 11.8 Å². The van der Waals surface area contributed by atoms with Crippen LogP contribution < -0.4 is 9.64 Å². The van der Waals surface area contributed by atoms with E-state index in [2.05, 4.69) is 20.1 Å². The highest BCUT2D eigenvalue weighted by molar-refractivity contribution is 5.74. The average molecular weight is 630 g/mol. The van der Waals surface area contributed by atoms with Gasteiger partial charge in [0.05, 0.1) is 12.5 Å². The van der Waals surface area contributed by atoms with Crippen molar-refractivity contribution in [2.75, 3.05) is 24.6 Å². The number of ether oxygens (including phenoxy) is 2. The summed E-state index contributed by atoms with van der Waals surface area (Å²) in [5.74, 6) is 0.148. The van der Waals surface area contributed by atoms with Crippen molar-refractivity contribution in [3.63, 3.8) is 0 Å². The molecule has 46 heavy (non-hydrogen) atoms. The van der Waals surface area contributed by atoms with Gasteiger partial charge in [-0.25, -0.2) is 9.97 Å². The van der Waals surface area contributed by atoms with Crippen LogP contribution in [0.3, 0.4) is 0 Å². The molecule has 9 nitrogen and oxygen atoms in total. The second kappa shape index (κ2) is 13.4. The zero-order valence-corrected chi connectivity index (χ0v) is 24.9. The van der Waals surface area contributed by atoms with Gasteiger partial charge in [0.1, 0.15) is 11.4 Å². The number of hydrogen-bond donors (Lipinski definition) is 0. The van der Waals surface area contributed by atoms with E-state index in [1.807, 2.05) is 66.7 Å². The van der Waals surface area contributed by atoms with Crippen molar-refractivity contribution >= 4 is 11.9 Å². The van der Waals surface area contributed by atoms with Crippen LogP contribution in [0, 0.1) is 11.8 Å². The number of aromatic nitrogens is 4. The molecule has 3 aromatic carbocycles. The summed E-state index contributed by atoms with van der Waals surface area (Å²) in [6.07, 6.45) is -3.02. The molecule has 0 N–H and O–H groups in total. The molecule has 1 saturated heterocycles. The number of esters is 1. The normalized spacial score (nSPS) is 16.4. The minimum absolute atomic E-state index is 0.0660. The number of hydrogen-bond acceptors (Lipinski definition) is 9. The Bertz CT molecular complexity index is 1760. The summed E-state index contributed by atoms with van der Waals surface area (Å²) in [7, 11) is 0. The summed E-state index contributed by atoms with van der Waals surface area (Å²) < 4.78 is 56.2. The molecule has 0 amide bonds. The molecule has 236 valence electrons. The number of benzene rings is 3. The second-order valence-electron chi connectivity index (χ2n) is 10.9. The third-order valence-corrected chi connectivity index (χ3v) is 7.75. The van der Waals surface area contributed by atoms with Crippen LogP contribution in [0.5, 0.6) is 5.75 Å². The van der Waals surface area contributed by atoms with Crippen molar-refractivity contribution in [1.29, 1.82) is 0 Å². The second-order valence-corrected chi connectivity index (χ2v) is 10.9. The maximum Gasteiger partial charge on any atom is 0.433 e. The predicted molar refractivity (Wildman–Crippen MR) is 163 cm³/mol. The lowest BCUT2D eigenvalue weighted by Gasteiger charge is -2.17. The van der Waals surface area contributed by atoms with E-state index < -0.39 is 23.8 Å². The van der Waals surface area contributed by atoms with Crippen LogP contribution in [-0.2, 0) is 28.7 Å². The van der Waals surface area contributed by atoms with E-state index in [0.717, 1.165) is 34.5 Å². The van der Waals surface area contributed by atoms with Gasteiger partial charge in [0.25, 0.3) is 5.89 Å². The molecule has 2 atom stereocenters. The van der Waals surface area contributed by atoms with Gasteiger partial charge in [-0.3, -0.25) is 4.79 Å². The SMILES string of the molecule is CCOC(=O)[C@H]1CN(c2nccc(C(F)(F)F)n2)C[C@H]1Cc1ccc(OCc2nc(-c3ccc(-c4ccccc4)cc3)no2)cc1. The Morgan fingerprint density at radius 1 is 0.913 bits per heavy atom. The molecule has 0 unspecified atom stereocenters. The smallest absolute Gasteiger partial charge is 0.433 e. The zero-order chi connectivity index (χ0) is 32.1. The first-order valence-corrected chi connectivity index (χ1v) is 14.8. The van der Waals surface area contributed by atoms with Gasteiger partial charge in [0.15, 0.2) is 6.61 Å². The molecule has 5 aromatic rings. The Morgan fingerprint density at radius 2 is 1.63 bits per heavy atom. The number of alkyl halides is 3. The topological polar surface area (TPSA) is 103 Å². The van der Waals surface area contributed by atoms with Crippen molar-refractivity contribution < 1.29 is 32.0 Å². The summed E-state index contributed by atoms with van der Waals surface area (Å²) in [5.41, 5.74) is 2.93. The Morgan fingerprint density at radius 3 is 2.35 bits per heavy atom. The van der Waals surface area contributed by atoms with Crippen LogP contribution in [0.1, 0.15) is 24.1 Å². The van der Waals surface area contributed by atoms with Gasteiger partial charge < -0.3 is 18.9 Å². The van der Waals surface area contributed by atoms with Gasteiger partial charge in [-0.05, 0) is 54.2 Å². The van der Waals surface area contributed by atoms with Crippen LogP contribution in [-0.4, -0.2) is 45.8 Å². The summed E-state index contributed by atoms with van der Waals surface area (Å²) >= 11 is 0. The van der Waals surface area contributed by atoms with Crippen LogP contribution in [0.4, 0.5) is 19.1 Å². The van der Waals surface area contributed by atoms with Crippen LogP contribution in [0.2, 0.25) is 0 Å². The third kappa shape index (κ3) is 7.17. The fourth-order valence-electron chi connectivity index (χ4n) is 5.46. The van der Waals surface area contributed by atoms with E-state index in [1.165, 1.54) is 0 Å². The molecular formula is C34H30F3N5O4. The lowest BCUT2D eigenvalue weighted by atomic mass is 9.90. The molecule has 6 rings (SSSR count). The molecule has 0 saturated carbocycles. The molecule has 1 aliphatic rings. The maximum absolute atomic E-state index is 13.2. The maximum atomic E-state index is 13.2. The highest BCUT2D eigenvalue weighted by Gasteiger charge is 2.40. The Hall–Kier alpha value is -5.26. The molecular weight excluding hydrogens is 599 g/mol. The van der Waals surface area contributed by atoms with Gasteiger partial charge in [0, 0.05) is 24.8 Å². The molecule has 0 aliphatic carbocycles. The minimum Gasteiger partial charge on any atom is -0.484 e. The molecule has 1 aliphatic heterocycles. The molecule has 0 radical (unpaired) electrons. The summed E-state index contributed by atoms with van der Waals surface area (Å²) in [6, 6.07) is 26.2. The Kier molecular flexibility index (Phi) is 8.95. The monoisotopic (exact) mass is 629 g/mol. The fraction of sp³-hybridized carbons (Fsp3) is 0.265. The molecule has 12 heteroatoms. The highest BCUT2D eigenvalue weighted by Crippen LogP contribution is 2.33. The number of carbonyl (C=O) groups is 1. The van der Waals surface area contributed by atoms with E-state index in [-0.39, 0.29) is 31.6 Å². The zero-order valence-electron chi connectivity index (χ0n) is 24.9. The first-order valence-electron chi connectivity index (χ1n) is 14.8. The summed E-state index contributed by atoms with van der Waals surface area (Å²) in [4.78, 5) is 26.6. The molecule has 2 aromatic heterocycles. The van der Waals surface area contributed by atoms with Gasteiger partial charge >= 0.3 is 12.1 Å². The number of nitrogens with zero attached hydrogens (tertiary/aromatic N) is 5. The number of rotatable bonds is 10. The number of anilines is 1.